The highest BCUT2D eigenvalue weighted by Gasteiger charge is 2.07. The third-order valence-electron chi connectivity index (χ3n) is 3.53. The second-order valence-corrected chi connectivity index (χ2v) is 6.25. The molecule has 0 saturated carbocycles. The lowest BCUT2D eigenvalue weighted by atomic mass is 10.2. The fraction of sp³-hybridized carbons (Fsp3) is 0.750. The highest BCUT2D eigenvalue weighted by Crippen LogP contribution is 2.06. The van der Waals surface area contributed by atoms with E-state index < -0.39 is 0 Å². The van der Waals surface area contributed by atoms with Crippen LogP contribution in [0.4, 0.5) is 0 Å². The van der Waals surface area contributed by atoms with E-state index in [1.54, 1.807) is 11.3 Å². The molecule has 0 unspecified atom stereocenters. The zero-order chi connectivity index (χ0) is 13.9. The molecular weight excluding hydrogens is 252 g/mol. The predicted molar refractivity (Wildman–Crippen MR) is 87.1 cm³/mol. The van der Waals surface area contributed by atoms with E-state index in [9.17, 15) is 0 Å². The highest BCUT2D eigenvalue weighted by molar-refractivity contribution is 7.07. The molecule has 1 N–H and O–H groups in total. The van der Waals surface area contributed by atoms with Crippen molar-refractivity contribution in [2.24, 2.45) is 0 Å². The van der Waals surface area contributed by atoms with Crippen LogP contribution in [0.15, 0.2) is 16.8 Å². The summed E-state index contributed by atoms with van der Waals surface area (Å²) in [6.07, 6.45) is 5.16. The summed E-state index contributed by atoms with van der Waals surface area (Å²) in [5, 5.41) is 7.96. The number of nitrogens with zero attached hydrogens (tertiary/aromatic N) is 1. The van der Waals surface area contributed by atoms with Crippen LogP contribution in [-0.2, 0) is 6.42 Å². The van der Waals surface area contributed by atoms with Crippen molar-refractivity contribution in [1.29, 1.82) is 0 Å². The number of hydrogen-bond acceptors (Lipinski definition) is 3. The minimum absolute atomic E-state index is 0.663. The summed E-state index contributed by atoms with van der Waals surface area (Å²) < 4.78 is 0. The van der Waals surface area contributed by atoms with Crippen molar-refractivity contribution >= 4 is 11.3 Å². The average molecular weight is 282 g/mol. The first kappa shape index (κ1) is 16.7. The number of hydrogen-bond donors (Lipinski definition) is 1. The van der Waals surface area contributed by atoms with Gasteiger partial charge in [-0.25, -0.2) is 0 Å². The van der Waals surface area contributed by atoms with Gasteiger partial charge in [0.15, 0.2) is 0 Å². The van der Waals surface area contributed by atoms with Gasteiger partial charge in [0.2, 0.25) is 0 Å². The molecule has 3 heteroatoms. The van der Waals surface area contributed by atoms with Crippen molar-refractivity contribution in [3.05, 3.63) is 22.4 Å². The van der Waals surface area contributed by atoms with Crippen LogP contribution < -0.4 is 5.32 Å². The Labute approximate surface area is 123 Å². The zero-order valence-electron chi connectivity index (χ0n) is 12.8. The molecule has 1 rings (SSSR count). The minimum Gasteiger partial charge on any atom is -0.315 e. The van der Waals surface area contributed by atoms with E-state index in [4.69, 9.17) is 0 Å². The Kier molecular flexibility index (Phi) is 9.14. The van der Waals surface area contributed by atoms with E-state index in [2.05, 4.69) is 47.8 Å². The summed E-state index contributed by atoms with van der Waals surface area (Å²) >= 11 is 1.79. The lowest BCUT2D eigenvalue weighted by Crippen LogP contribution is -2.38. The van der Waals surface area contributed by atoms with E-state index in [0.717, 1.165) is 19.5 Å². The lowest BCUT2D eigenvalue weighted by Gasteiger charge is -2.26. The van der Waals surface area contributed by atoms with Crippen molar-refractivity contribution in [1.82, 2.24) is 10.2 Å². The number of thiophene rings is 1. The van der Waals surface area contributed by atoms with E-state index in [1.807, 2.05) is 0 Å². The van der Waals surface area contributed by atoms with Gasteiger partial charge in [-0.15, -0.1) is 0 Å². The Hall–Kier alpha value is -0.380. The standard InChI is InChI=1S/C16H30N2S/c1-4-5-6-11-18(15(2)3)12-10-17-9-7-16-8-13-19-14-16/h8,13-15,17H,4-7,9-12H2,1-3H3. The first-order valence-electron chi connectivity index (χ1n) is 7.70. The Morgan fingerprint density at radius 3 is 2.68 bits per heavy atom. The van der Waals surface area contributed by atoms with Gasteiger partial charge in [-0.2, -0.15) is 11.3 Å². The van der Waals surface area contributed by atoms with Crippen molar-refractivity contribution in [3.63, 3.8) is 0 Å². The van der Waals surface area contributed by atoms with Gasteiger partial charge < -0.3 is 5.32 Å². The van der Waals surface area contributed by atoms with Crippen LogP contribution in [0.5, 0.6) is 0 Å². The van der Waals surface area contributed by atoms with Gasteiger partial charge in [0.1, 0.15) is 0 Å². The number of rotatable bonds is 11. The van der Waals surface area contributed by atoms with Gasteiger partial charge in [-0.1, -0.05) is 19.8 Å². The van der Waals surface area contributed by atoms with E-state index >= 15 is 0 Å². The summed E-state index contributed by atoms with van der Waals surface area (Å²) in [5.74, 6) is 0. The van der Waals surface area contributed by atoms with Crippen LogP contribution in [0.3, 0.4) is 0 Å². The molecule has 0 fully saturated rings. The van der Waals surface area contributed by atoms with Gasteiger partial charge in [0.05, 0.1) is 0 Å². The van der Waals surface area contributed by atoms with Crippen LogP contribution in [0.2, 0.25) is 0 Å². The van der Waals surface area contributed by atoms with Gasteiger partial charge in [-0.3, -0.25) is 4.90 Å². The van der Waals surface area contributed by atoms with Gasteiger partial charge in [0, 0.05) is 19.1 Å². The normalized spacial score (nSPS) is 11.6. The molecule has 0 saturated heterocycles. The summed E-state index contributed by atoms with van der Waals surface area (Å²) in [6.45, 7) is 11.5. The Morgan fingerprint density at radius 2 is 2.05 bits per heavy atom. The molecule has 0 atom stereocenters. The Morgan fingerprint density at radius 1 is 1.21 bits per heavy atom. The molecule has 0 spiro atoms. The minimum atomic E-state index is 0.663. The Balaban J connectivity index is 2.07. The van der Waals surface area contributed by atoms with Crippen molar-refractivity contribution in [2.45, 2.75) is 52.5 Å². The van der Waals surface area contributed by atoms with Gasteiger partial charge >= 0.3 is 0 Å². The first-order chi connectivity index (χ1) is 9.24. The monoisotopic (exact) mass is 282 g/mol. The fourth-order valence-electron chi connectivity index (χ4n) is 2.21. The Bertz CT molecular complexity index is 296. The third-order valence-corrected chi connectivity index (χ3v) is 4.26. The highest BCUT2D eigenvalue weighted by atomic mass is 32.1. The molecule has 2 nitrogen and oxygen atoms in total. The fourth-order valence-corrected chi connectivity index (χ4v) is 2.91. The van der Waals surface area contributed by atoms with Crippen LogP contribution in [0, 0.1) is 0 Å². The summed E-state index contributed by atoms with van der Waals surface area (Å²) in [7, 11) is 0. The largest absolute Gasteiger partial charge is 0.315 e. The summed E-state index contributed by atoms with van der Waals surface area (Å²) in [4.78, 5) is 2.59. The molecule has 0 aromatic carbocycles. The lowest BCUT2D eigenvalue weighted by molar-refractivity contribution is 0.218. The quantitative estimate of drug-likeness (QED) is 0.621. The second-order valence-electron chi connectivity index (χ2n) is 5.47. The maximum absolute atomic E-state index is 3.56. The molecule has 1 heterocycles. The molecule has 0 amide bonds. The second kappa shape index (κ2) is 10.4. The summed E-state index contributed by atoms with van der Waals surface area (Å²) in [6, 6.07) is 2.88. The van der Waals surface area contributed by atoms with Crippen molar-refractivity contribution in [2.75, 3.05) is 26.2 Å². The number of unbranched alkanes of at least 4 members (excludes halogenated alkanes) is 2. The molecule has 0 radical (unpaired) electrons. The molecule has 110 valence electrons. The molecule has 1 aromatic heterocycles. The maximum atomic E-state index is 3.56. The average Bonchev–Trinajstić information content (AvgIpc) is 2.89. The zero-order valence-corrected chi connectivity index (χ0v) is 13.6. The van der Waals surface area contributed by atoms with Crippen LogP contribution >= 0.6 is 11.3 Å². The molecule has 0 bridgehead atoms. The topological polar surface area (TPSA) is 15.3 Å². The molecule has 1 aromatic rings. The van der Waals surface area contributed by atoms with Gasteiger partial charge in [0.25, 0.3) is 0 Å². The van der Waals surface area contributed by atoms with Crippen LogP contribution in [0.1, 0.15) is 45.6 Å². The molecule has 19 heavy (non-hydrogen) atoms. The molecule has 0 aliphatic rings. The number of nitrogens with one attached hydrogen (secondary N) is 1. The summed E-state index contributed by atoms with van der Waals surface area (Å²) in [5.41, 5.74) is 1.46. The predicted octanol–water partition coefficient (Wildman–Crippen LogP) is 3.78. The molecule has 0 aliphatic heterocycles. The van der Waals surface area contributed by atoms with E-state index in [0.29, 0.717) is 6.04 Å². The van der Waals surface area contributed by atoms with E-state index in [-0.39, 0.29) is 0 Å². The van der Waals surface area contributed by atoms with E-state index in [1.165, 1.54) is 37.9 Å². The van der Waals surface area contributed by atoms with Crippen LogP contribution in [-0.4, -0.2) is 37.1 Å². The van der Waals surface area contributed by atoms with Crippen molar-refractivity contribution < 1.29 is 0 Å². The third kappa shape index (κ3) is 7.71. The first-order valence-corrected chi connectivity index (χ1v) is 8.64. The maximum Gasteiger partial charge on any atom is 0.0110 e. The van der Waals surface area contributed by atoms with Gasteiger partial charge in [-0.05, 0) is 62.2 Å². The van der Waals surface area contributed by atoms with Crippen LogP contribution in [0.25, 0.3) is 0 Å². The molecular formula is C16H30N2S. The molecule has 0 aliphatic carbocycles. The van der Waals surface area contributed by atoms with Crippen molar-refractivity contribution in [3.8, 4) is 0 Å². The SMILES string of the molecule is CCCCCN(CCNCCc1ccsc1)C(C)C. The smallest absolute Gasteiger partial charge is 0.0110 e.